The van der Waals surface area contributed by atoms with Crippen molar-refractivity contribution in [3.05, 3.63) is 77.8 Å². The second-order valence-electron chi connectivity index (χ2n) is 8.61. The molecule has 0 aliphatic carbocycles. The van der Waals surface area contributed by atoms with Crippen molar-refractivity contribution in [3.8, 4) is 0 Å². The Hall–Kier alpha value is -3.86. The third kappa shape index (κ3) is 4.60. The van der Waals surface area contributed by atoms with E-state index < -0.39 is 38.9 Å². The zero-order chi connectivity index (χ0) is 24.7. The van der Waals surface area contributed by atoms with Gasteiger partial charge in [0.2, 0.25) is 0 Å². The van der Waals surface area contributed by atoms with Gasteiger partial charge in [0.15, 0.2) is 11.5 Å². The van der Waals surface area contributed by atoms with Gasteiger partial charge in [-0.05, 0) is 41.3 Å². The topological polar surface area (TPSA) is 117 Å². The van der Waals surface area contributed by atoms with Crippen LogP contribution in [0.2, 0.25) is 0 Å². The van der Waals surface area contributed by atoms with E-state index in [9.17, 15) is 17.6 Å². The monoisotopic (exact) mass is 485 g/mol. The maximum absolute atomic E-state index is 15.1. The zero-order valence-electron chi connectivity index (χ0n) is 18.5. The van der Waals surface area contributed by atoms with Gasteiger partial charge in [0.25, 0.3) is 15.9 Å². The second-order valence-corrected chi connectivity index (χ2v) is 10.3. The van der Waals surface area contributed by atoms with Crippen LogP contribution in [0.1, 0.15) is 36.7 Å². The van der Waals surface area contributed by atoms with Crippen molar-refractivity contribution in [2.75, 3.05) is 10.0 Å². The molecule has 4 rings (SSSR count). The van der Waals surface area contributed by atoms with E-state index in [-0.39, 0.29) is 15.9 Å². The Morgan fingerprint density at radius 1 is 1.03 bits per heavy atom. The number of carbonyl (C=O) groups excluding carboxylic acids is 1. The third-order valence-corrected chi connectivity index (χ3v) is 6.52. The van der Waals surface area contributed by atoms with Crippen molar-refractivity contribution in [2.45, 2.75) is 31.1 Å². The van der Waals surface area contributed by atoms with Crippen molar-refractivity contribution in [1.29, 1.82) is 0 Å². The summed E-state index contributed by atoms with van der Waals surface area (Å²) in [7, 11) is -4.17. The summed E-state index contributed by atoms with van der Waals surface area (Å²) in [4.78, 5) is 23.2. The number of anilines is 2. The van der Waals surface area contributed by atoms with Crippen LogP contribution in [0.15, 0.2) is 59.9 Å². The quantitative estimate of drug-likeness (QED) is 0.382. The summed E-state index contributed by atoms with van der Waals surface area (Å²) < 4.78 is 57.1. The van der Waals surface area contributed by atoms with Crippen molar-refractivity contribution >= 4 is 38.5 Å². The number of hydrogen-bond donors (Lipinski definition) is 3. The molecule has 0 radical (unpaired) electrons. The maximum atomic E-state index is 15.1. The standard InChI is InChI=1S/C23H21F2N5O3S/c1-23(2,3)14-4-6-15(7-5-14)34(32,33)30-17-9-8-16(24)20(19(17)25)29-22(31)13-10-18-21(26-11-13)28-12-27-18/h4-12,30H,1-3H3,(H,29,31)(H,26,27,28). The number of fused-ring (bicyclic) bond motifs is 1. The van der Waals surface area contributed by atoms with Crippen LogP contribution < -0.4 is 10.0 Å². The van der Waals surface area contributed by atoms with Gasteiger partial charge in [0.1, 0.15) is 17.0 Å². The molecule has 0 saturated carbocycles. The maximum Gasteiger partial charge on any atom is 0.261 e. The number of pyridine rings is 1. The number of benzene rings is 2. The van der Waals surface area contributed by atoms with Crippen molar-refractivity contribution in [3.63, 3.8) is 0 Å². The van der Waals surface area contributed by atoms with Crippen LogP contribution in [-0.2, 0) is 15.4 Å². The molecule has 0 saturated heterocycles. The summed E-state index contributed by atoms with van der Waals surface area (Å²) >= 11 is 0. The minimum Gasteiger partial charge on any atom is -0.329 e. The lowest BCUT2D eigenvalue weighted by molar-refractivity contribution is 0.102. The SMILES string of the molecule is CC(C)(C)c1ccc(S(=O)(=O)Nc2ccc(F)c(NC(=O)c3cnc4[nH]cnc4c3)c2F)cc1. The van der Waals surface area contributed by atoms with Gasteiger partial charge in [0.05, 0.1) is 22.5 Å². The molecule has 0 unspecified atom stereocenters. The van der Waals surface area contributed by atoms with Crippen molar-refractivity contribution < 1.29 is 22.0 Å². The van der Waals surface area contributed by atoms with E-state index in [0.717, 1.165) is 17.7 Å². The van der Waals surface area contributed by atoms with Crippen LogP contribution in [0.25, 0.3) is 11.2 Å². The van der Waals surface area contributed by atoms with Crippen LogP contribution in [-0.4, -0.2) is 29.3 Å². The molecule has 2 aromatic heterocycles. The normalized spacial score (nSPS) is 12.0. The van der Waals surface area contributed by atoms with E-state index >= 15 is 4.39 Å². The molecule has 2 aromatic carbocycles. The third-order valence-electron chi connectivity index (χ3n) is 5.14. The van der Waals surface area contributed by atoms with E-state index in [1.165, 1.54) is 30.7 Å². The first-order valence-corrected chi connectivity index (χ1v) is 11.7. The summed E-state index contributed by atoms with van der Waals surface area (Å²) in [5.41, 5.74) is 0.292. The predicted octanol–water partition coefficient (Wildman–Crippen LogP) is 4.59. The largest absolute Gasteiger partial charge is 0.329 e. The van der Waals surface area contributed by atoms with Crippen molar-refractivity contribution in [1.82, 2.24) is 15.0 Å². The lowest BCUT2D eigenvalue weighted by Gasteiger charge is -2.19. The number of hydrogen-bond acceptors (Lipinski definition) is 5. The average Bonchev–Trinajstić information content (AvgIpc) is 3.26. The Bertz CT molecular complexity index is 1490. The van der Waals surface area contributed by atoms with Crippen LogP contribution >= 0.6 is 0 Å². The number of nitrogens with zero attached hydrogens (tertiary/aromatic N) is 2. The van der Waals surface area contributed by atoms with Gasteiger partial charge in [-0.2, -0.15) is 0 Å². The molecule has 0 aliphatic rings. The molecule has 0 spiro atoms. The number of nitrogens with one attached hydrogen (secondary N) is 3. The molecular weight excluding hydrogens is 464 g/mol. The highest BCUT2D eigenvalue weighted by atomic mass is 32.2. The number of rotatable bonds is 5. The molecule has 0 atom stereocenters. The van der Waals surface area contributed by atoms with E-state index in [0.29, 0.717) is 11.2 Å². The minimum absolute atomic E-state index is 0.0170. The Morgan fingerprint density at radius 2 is 1.74 bits per heavy atom. The van der Waals surface area contributed by atoms with Gasteiger partial charge >= 0.3 is 0 Å². The van der Waals surface area contributed by atoms with Gasteiger partial charge in [-0.3, -0.25) is 9.52 Å². The van der Waals surface area contributed by atoms with Gasteiger partial charge in [0, 0.05) is 6.20 Å². The first-order chi connectivity index (χ1) is 16.0. The number of H-pyrrole nitrogens is 1. The molecule has 11 heteroatoms. The van der Waals surface area contributed by atoms with E-state index in [4.69, 9.17) is 0 Å². The fourth-order valence-electron chi connectivity index (χ4n) is 3.22. The van der Waals surface area contributed by atoms with E-state index in [1.807, 2.05) is 20.8 Å². The van der Waals surface area contributed by atoms with Gasteiger partial charge in [-0.1, -0.05) is 32.9 Å². The highest BCUT2D eigenvalue weighted by Crippen LogP contribution is 2.29. The number of amides is 1. The fraction of sp³-hybridized carbons (Fsp3) is 0.174. The molecule has 34 heavy (non-hydrogen) atoms. The highest BCUT2D eigenvalue weighted by molar-refractivity contribution is 7.92. The first-order valence-electron chi connectivity index (χ1n) is 10.2. The lowest BCUT2D eigenvalue weighted by Crippen LogP contribution is -2.18. The summed E-state index contributed by atoms with van der Waals surface area (Å²) in [5.74, 6) is -3.18. The van der Waals surface area contributed by atoms with Gasteiger partial charge in [-0.15, -0.1) is 0 Å². The lowest BCUT2D eigenvalue weighted by atomic mass is 9.87. The molecule has 0 aliphatic heterocycles. The molecule has 8 nitrogen and oxygen atoms in total. The molecule has 4 aromatic rings. The summed E-state index contributed by atoms with van der Waals surface area (Å²) in [6, 6.07) is 9.36. The second kappa shape index (κ2) is 8.49. The summed E-state index contributed by atoms with van der Waals surface area (Å²) in [6.45, 7) is 5.96. The van der Waals surface area contributed by atoms with Crippen LogP contribution in [0.5, 0.6) is 0 Å². The van der Waals surface area contributed by atoms with Crippen LogP contribution in [0, 0.1) is 11.6 Å². The molecule has 0 bridgehead atoms. The number of sulfonamides is 1. The molecule has 0 fully saturated rings. The summed E-state index contributed by atoms with van der Waals surface area (Å²) in [6.07, 6.45) is 2.62. The Labute approximate surface area is 194 Å². The van der Waals surface area contributed by atoms with E-state index in [1.54, 1.807) is 12.1 Å². The number of aromatic nitrogens is 3. The van der Waals surface area contributed by atoms with Crippen LogP contribution in [0.3, 0.4) is 0 Å². The summed E-state index contributed by atoms with van der Waals surface area (Å²) in [5, 5.41) is 2.14. The smallest absolute Gasteiger partial charge is 0.261 e. The Kier molecular flexibility index (Phi) is 5.82. The van der Waals surface area contributed by atoms with Crippen LogP contribution in [0.4, 0.5) is 20.2 Å². The Morgan fingerprint density at radius 3 is 2.41 bits per heavy atom. The molecular formula is C23H21F2N5O3S. The molecule has 2 heterocycles. The molecule has 176 valence electrons. The number of halogens is 2. The van der Waals surface area contributed by atoms with Gasteiger partial charge < -0.3 is 10.3 Å². The number of carbonyl (C=O) groups is 1. The molecule has 1 amide bonds. The number of aromatic amines is 1. The van der Waals surface area contributed by atoms with E-state index in [2.05, 4.69) is 25.0 Å². The fourth-order valence-corrected chi connectivity index (χ4v) is 4.28. The number of imidazole rings is 1. The average molecular weight is 486 g/mol. The molecule has 3 N–H and O–H groups in total. The van der Waals surface area contributed by atoms with Gasteiger partial charge in [-0.25, -0.2) is 27.2 Å². The zero-order valence-corrected chi connectivity index (χ0v) is 19.3. The Balaban J connectivity index is 1.60. The minimum atomic E-state index is -4.17. The predicted molar refractivity (Wildman–Crippen MR) is 124 cm³/mol. The highest BCUT2D eigenvalue weighted by Gasteiger charge is 2.23. The van der Waals surface area contributed by atoms with Crippen molar-refractivity contribution in [2.24, 2.45) is 0 Å². The first kappa shape index (κ1) is 23.3.